The molecule has 2 aliphatic heterocycles. The van der Waals surface area contributed by atoms with Gasteiger partial charge < -0.3 is 15.5 Å². The molecule has 4 heteroatoms. The van der Waals surface area contributed by atoms with Crippen LogP contribution in [0.5, 0.6) is 0 Å². The van der Waals surface area contributed by atoms with Gasteiger partial charge in [0.15, 0.2) is 0 Å². The third kappa shape index (κ3) is 4.77. The summed E-state index contributed by atoms with van der Waals surface area (Å²) in [5, 5.41) is 6.53. The van der Waals surface area contributed by atoms with Crippen LogP contribution in [0.4, 0.5) is 0 Å². The first-order valence-corrected chi connectivity index (χ1v) is 6.66. The second kappa shape index (κ2) is 7.33. The molecule has 1 fully saturated rings. The number of aliphatic imine (C=N–C) groups is 1. The van der Waals surface area contributed by atoms with Crippen molar-refractivity contribution in [2.24, 2.45) is 4.99 Å². The average molecular weight is 238 g/mol. The molecular weight excluding hydrogens is 212 g/mol. The zero-order chi connectivity index (χ0) is 12.7. The van der Waals surface area contributed by atoms with E-state index in [9.17, 15) is 0 Å². The molecule has 0 amide bonds. The summed E-state index contributed by atoms with van der Waals surface area (Å²) in [5.41, 5.74) is 1.15. The second-order valence-electron chi connectivity index (χ2n) is 4.44. The molecule has 2 rings (SSSR count). The molecule has 0 spiro atoms. The number of likely N-dealkylation sites (tertiary alicyclic amines) is 1. The summed E-state index contributed by atoms with van der Waals surface area (Å²) in [4.78, 5) is 7.12. The zero-order valence-corrected chi connectivity index (χ0v) is 11.6. The number of allylic oxidation sites excluding steroid dienone is 1. The lowest BCUT2D eigenvalue weighted by Gasteiger charge is -2.27. The summed E-state index contributed by atoms with van der Waals surface area (Å²) in [6.07, 6.45) is 4.36. The fourth-order valence-corrected chi connectivity index (χ4v) is 2.03. The first kappa shape index (κ1) is 14.0. The molecule has 0 aromatic rings. The van der Waals surface area contributed by atoms with Gasteiger partial charge in [-0.05, 0) is 39.9 Å². The minimum atomic E-state index is 0.511. The summed E-state index contributed by atoms with van der Waals surface area (Å²) >= 11 is 0. The molecule has 2 aliphatic rings. The van der Waals surface area contributed by atoms with Crippen LogP contribution < -0.4 is 10.6 Å². The summed E-state index contributed by atoms with van der Waals surface area (Å²) in [7, 11) is 2.18. The van der Waals surface area contributed by atoms with Crippen LogP contribution in [0.25, 0.3) is 0 Å². The van der Waals surface area contributed by atoms with Crippen molar-refractivity contribution in [3.05, 3.63) is 11.9 Å². The van der Waals surface area contributed by atoms with E-state index in [-0.39, 0.29) is 0 Å². The third-order valence-electron chi connectivity index (χ3n) is 2.96. The van der Waals surface area contributed by atoms with Gasteiger partial charge >= 0.3 is 0 Å². The van der Waals surface area contributed by atoms with Crippen LogP contribution in [0.1, 0.15) is 33.6 Å². The van der Waals surface area contributed by atoms with Crippen LogP contribution in [0.15, 0.2) is 16.9 Å². The van der Waals surface area contributed by atoms with Gasteiger partial charge in [-0.15, -0.1) is 0 Å². The predicted octanol–water partition coefficient (Wildman–Crippen LogP) is 1.56. The summed E-state index contributed by atoms with van der Waals surface area (Å²) in [6.45, 7) is 9.23. The van der Waals surface area contributed by atoms with Crippen molar-refractivity contribution in [2.75, 3.05) is 26.7 Å². The topological polar surface area (TPSA) is 39.7 Å². The maximum Gasteiger partial charge on any atom is 0.120 e. The smallest absolute Gasteiger partial charge is 0.120 e. The summed E-state index contributed by atoms with van der Waals surface area (Å²) < 4.78 is 0. The van der Waals surface area contributed by atoms with Crippen molar-refractivity contribution in [1.82, 2.24) is 15.5 Å². The standard InChI is InChI=1S/C11H20N4.C2H6/c1-9-7-12-8-11(13-9)14-10-3-5-15(2)6-4-10;1-2/h7,10,12H,3-6,8H2,1-2H3,(H,13,14);1-2H3. The highest BCUT2D eigenvalue weighted by Crippen LogP contribution is 2.12. The number of nitrogens with zero attached hydrogens (tertiary/aromatic N) is 2. The van der Waals surface area contributed by atoms with Gasteiger partial charge in [0.25, 0.3) is 0 Å². The molecule has 0 atom stereocenters. The third-order valence-corrected chi connectivity index (χ3v) is 2.96. The number of hydrogen-bond donors (Lipinski definition) is 2. The Hall–Kier alpha value is -1.03. The number of nitrogens with one attached hydrogen (secondary N) is 2. The molecule has 0 aromatic heterocycles. The van der Waals surface area contributed by atoms with E-state index in [0.29, 0.717) is 6.04 Å². The highest BCUT2D eigenvalue weighted by Gasteiger charge is 2.16. The average Bonchev–Trinajstić information content (AvgIpc) is 2.35. The van der Waals surface area contributed by atoms with Crippen LogP contribution in [0.3, 0.4) is 0 Å². The molecule has 0 aliphatic carbocycles. The predicted molar refractivity (Wildman–Crippen MR) is 74.2 cm³/mol. The zero-order valence-electron chi connectivity index (χ0n) is 11.6. The van der Waals surface area contributed by atoms with E-state index in [1.807, 2.05) is 20.0 Å². The number of hydrogen-bond acceptors (Lipinski definition) is 3. The minimum absolute atomic E-state index is 0.511. The Bertz CT molecular complexity index is 275. The molecule has 0 unspecified atom stereocenters. The maximum atomic E-state index is 4.76. The van der Waals surface area contributed by atoms with Gasteiger partial charge in [0.2, 0.25) is 0 Å². The van der Waals surface area contributed by atoms with Crippen molar-refractivity contribution >= 4 is 5.84 Å². The van der Waals surface area contributed by atoms with Gasteiger partial charge in [-0.3, -0.25) is 4.99 Å². The number of rotatable bonds is 1. The highest BCUT2D eigenvalue weighted by molar-refractivity contribution is 5.86. The molecule has 0 aromatic carbocycles. The van der Waals surface area contributed by atoms with Crippen LogP contribution in [0.2, 0.25) is 0 Å². The fourth-order valence-electron chi connectivity index (χ4n) is 2.03. The summed E-state index contributed by atoms with van der Waals surface area (Å²) in [5.74, 6) is 1.09. The first-order chi connectivity index (χ1) is 8.24. The molecular formula is C13H26N4. The van der Waals surface area contributed by atoms with Crippen LogP contribution in [0, 0.1) is 0 Å². The lowest BCUT2D eigenvalue weighted by Crippen LogP contribution is -2.39. The fraction of sp³-hybridized carbons (Fsp3) is 0.769. The van der Waals surface area contributed by atoms with Crippen molar-refractivity contribution in [3.63, 3.8) is 0 Å². The Balaban J connectivity index is 0.000000686. The number of piperidine rings is 1. The molecule has 98 valence electrons. The largest absolute Gasteiger partial charge is 0.382 e. The van der Waals surface area contributed by atoms with E-state index in [4.69, 9.17) is 4.99 Å². The minimum Gasteiger partial charge on any atom is -0.382 e. The summed E-state index contributed by atoms with van der Waals surface area (Å²) in [6, 6.07) is 0.511. The van der Waals surface area contributed by atoms with Gasteiger partial charge in [0, 0.05) is 11.9 Å². The van der Waals surface area contributed by atoms with Gasteiger partial charge in [-0.25, -0.2) is 0 Å². The molecule has 1 saturated heterocycles. The Labute approximate surface area is 105 Å². The van der Waals surface area contributed by atoms with Crippen LogP contribution in [-0.2, 0) is 0 Å². The van der Waals surface area contributed by atoms with Gasteiger partial charge in [0.05, 0.1) is 12.6 Å². The second-order valence-corrected chi connectivity index (χ2v) is 4.44. The molecule has 2 heterocycles. The Morgan fingerprint density at radius 1 is 1.29 bits per heavy atom. The van der Waals surface area contributed by atoms with Crippen LogP contribution in [-0.4, -0.2) is 43.5 Å². The molecule has 4 nitrogen and oxygen atoms in total. The van der Waals surface area contributed by atoms with E-state index in [0.717, 1.165) is 18.1 Å². The Kier molecular flexibility index (Phi) is 6.05. The first-order valence-electron chi connectivity index (χ1n) is 6.66. The van der Waals surface area contributed by atoms with E-state index >= 15 is 0 Å². The van der Waals surface area contributed by atoms with Gasteiger partial charge in [-0.1, -0.05) is 13.8 Å². The normalized spacial score (nSPS) is 24.2. The Morgan fingerprint density at radius 2 is 1.94 bits per heavy atom. The van der Waals surface area contributed by atoms with E-state index < -0.39 is 0 Å². The van der Waals surface area contributed by atoms with E-state index in [2.05, 4.69) is 29.5 Å². The SMILES string of the molecule is CC.CC1=CNCC(=NC2CCN(C)CC2)N1. The van der Waals surface area contributed by atoms with Crippen molar-refractivity contribution < 1.29 is 0 Å². The van der Waals surface area contributed by atoms with Gasteiger partial charge in [0.1, 0.15) is 5.84 Å². The monoisotopic (exact) mass is 238 g/mol. The van der Waals surface area contributed by atoms with Gasteiger partial charge in [-0.2, -0.15) is 0 Å². The molecule has 0 saturated carbocycles. The highest BCUT2D eigenvalue weighted by atomic mass is 15.1. The quantitative estimate of drug-likeness (QED) is 0.728. The van der Waals surface area contributed by atoms with E-state index in [1.165, 1.54) is 25.9 Å². The van der Waals surface area contributed by atoms with Crippen molar-refractivity contribution in [2.45, 2.75) is 39.7 Å². The number of amidine groups is 1. The van der Waals surface area contributed by atoms with Crippen molar-refractivity contribution in [3.8, 4) is 0 Å². The maximum absolute atomic E-state index is 4.76. The molecule has 0 bridgehead atoms. The van der Waals surface area contributed by atoms with Crippen LogP contribution >= 0.6 is 0 Å². The Morgan fingerprint density at radius 3 is 2.53 bits per heavy atom. The lowest BCUT2D eigenvalue weighted by atomic mass is 10.1. The molecule has 17 heavy (non-hydrogen) atoms. The van der Waals surface area contributed by atoms with Crippen molar-refractivity contribution in [1.29, 1.82) is 0 Å². The molecule has 2 N–H and O–H groups in total. The molecule has 0 radical (unpaired) electrons. The lowest BCUT2D eigenvalue weighted by molar-refractivity contribution is 0.257. The van der Waals surface area contributed by atoms with E-state index in [1.54, 1.807) is 0 Å².